The predicted molar refractivity (Wildman–Crippen MR) is 140 cm³/mol. The maximum Gasteiger partial charge on any atom is 0.419 e. The van der Waals surface area contributed by atoms with Gasteiger partial charge in [-0.25, -0.2) is 18.7 Å². The topological polar surface area (TPSA) is 62.5 Å². The molecule has 0 atom stereocenters. The Morgan fingerprint density at radius 1 is 0.611 bits per heavy atom. The summed E-state index contributed by atoms with van der Waals surface area (Å²) in [5, 5.41) is 1.79. The molecule has 182 valence electrons. The molecule has 0 saturated heterocycles. The van der Waals surface area contributed by atoms with Gasteiger partial charge in [0, 0.05) is 22.2 Å². The average Bonchev–Trinajstić information content (AvgIpc) is 3.29. The molecule has 2 heterocycles. The molecule has 5 rings (SSSR count). The highest BCUT2D eigenvalue weighted by Crippen LogP contribution is 2.34. The van der Waals surface area contributed by atoms with Crippen LogP contribution < -0.4 is 0 Å². The van der Waals surface area contributed by atoms with Crippen LogP contribution in [0.2, 0.25) is 0 Å². The van der Waals surface area contributed by atoms with Gasteiger partial charge in [0.05, 0.1) is 11.0 Å². The van der Waals surface area contributed by atoms with Gasteiger partial charge in [0.2, 0.25) is 0 Å². The van der Waals surface area contributed by atoms with Gasteiger partial charge in [0.1, 0.15) is 13.2 Å². The molecule has 0 spiro atoms. The summed E-state index contributed by atoms with van der Waals surface area (Å²) < 4.78 is 14.5. The van der Waals surface area contributed by atoms with Crippen LogP contribution >= 0.6 is 0 Å². The van der Waals surface area contributed by atoms with Crippen molar-refractivity contribution in [1.29, 1.82) is 0 Å². The first-order valence-electron chi connectivity index (χ1n) is 11.9. The van der Waals surface area contributed by atoms with E-state index in [2.05, 4.69) is 0 Å². The number of carbonyl (C=O) groups is 2. The molecule has 0 bridgehead atoms. The van der Waals surface area contributed by atoms with E-state index in [4.69, 9.17) is 9.47 Å². The standard InChI is InChI=1S/C30H28N2O4/c1-19-21(3)31(29(33)35-17-23-11-7-5-8-12-23)27-16-26-20(2)22(4)32(28(26)15-25(19)27)30(34)36-18-24-13-9-6-10-14-24/h5-16H,17-18H2,1-4H3. The molecule has 0 saturated carbocycles. The summed E-state index contributed by atoms with van der Waals surface area (Å²) in [4.78, 5) is 26.3. The first-order valence-corrected chi connectivity index (χ1v) is 11.9. The molecule has 2 aromatic heterocycles. The van der Waals surface area contributed by atoms with Crippen molar-refractivity contribution in [2.75, 3.05) is 0 Å². The first-order chi connectivity index (χ1) is 17.4. The zero-order chi connectivity index (χ0) is 25.4. The Hall–Kier alpha value is -4.32. The van der Waals surface area contributed by atoms with Crippen LogP contribution in [0.25, 0.3) is 21.8 Å². The normalized spacial score (nSPS) is 11.2. The van der Waals surface area contributed by atoms with Crippen molar-refractivity contribution >= 4 is 34.0 Å². The maximum atomic E-state index is 13.1. The van der Waals surface area contributed by atoms with E-state index in [0.717, 1.165) is 55.4 Å². The van der Waals surface area contributed by atoms with Crippen LogP contribution in [0.1, 0.15) is 33.6 Å². The van der Waals surface area contributed by atoms with Gasteiger partial charge >= 0.3 is 12.2 Å². The van der Waals surface area contributed by atoms with E-state index < -0.39 is 12.2 Å². The minimum atomic E-state index is -0.426. The van der Waals surface area contributed by atoms with Crippen LogP contribution in [0.15, 0.2) is 72.8 Å². The van der Waals surface area contributed by atoms with E-state index in [1.165, 1.54) is 0 Å². The Bertz CT molecular complexity index is 1470. The van der Waals surface area contributed by atoms with E-state index >= 15 is 0 Å². The van der Waals surface area contributed by atoms with Crippen molar-refractivity contribution in [3.05, 3.63) is 106 Å². The molecule has 0 radical (unpaired) electrons. The largest absolute Gasteiger partial charge is 0.444 e. The third kappa shape index (κ3) is 4.05. The molecule has 0 aliphatic rings. The van der Waals surface area contributed by atoms with Gasteiger partial charge < -0.3 is 9.47 Å². The summed E-state index contributed by atoms with van der Waals surface area (Å²) >= 11 is 0. The van der Waals surface area contributed by atoms with Gasteiger partial charge in [-0.2, -0.15) is 0 Å². The summed E-state index contributed by atoms with van der Waals surface area (Å²) in [5.41, 5.74) is 6.91. The summed E-state index contributed by atoms with van der Waals surface area (Å²) in [6.45, 7) is 8.16. The van der Waals surface area contributed by atoms with Crippen LogP contribution in [0.3, 0.4) is 0 Å². The Labute approximate surface area is 209 Å². The van der Waals surface area contributed by atoms with Crippen molar-refractivity contribution in [1.82, 2.24) is 9.13 Å². The monoisotopic (exact) mass is 480 g/mol. The molecule has 3 aromatic carbocycles. The van der Waals surface area contributed by atoms with Crippen LogP contribution in [-0.4, -0.2) is 21.3 Å². The number of hydrogen-bond donors (Lipinski definition) is 0. The highest BCUT2D eigenvalue weighted by Gasteiger charge is 2.23. The molecular formula is C30H28N2O4. The highest BCUT2D eigenvalue weighted by molar-refractivity contribution is 6.05. The van der Waals surface area contributed by atoms with Gasteiger partial charge in [-0.15, -0.1) is 0 Å². The van der Waals surface area contributed by atoms with Crippen LogP contribution in [-0.2, 0) is 22.7 Å². The summed E-state index contributed by atoms with van der Waals surface area (Å²) in [6.07, 6.45) is -0.852. The van der Waals surface area contributed by atoms with Gasteiger partial charge in [-0.05, 0) is 62.1 Å². The number of ether oxygens (including phenoxy) is 2. The summed E-state index contributed by atoms with van der Waals surface area (Å²) in [5.74, 6) is 0. The van der Waals surface area contributed by atoms with E-state index in [1.54, 1.807) is 9.13 Å². The quantitative estimate of drug-likeness (QED) is 0.273. The molecule has 0 aliphatic carbocycles. The number of aryl methyl sites for hydroxylation is 2. The zero-order valence-corrected chi connectivity index (χ0v) is 20.9. The van der Waals surface area contributed by atoms with Crippen molar-refractivity contribution in [2.24, 2.45) is 0 Å². The van der Waals surface area contributed by atoms with Crippen LogP contribution in [0.4, 0.5) is 9.59 Å². The van der Waals surface area contributed by atoms with Gasteiger partial charge in [0.15, 0.2) is 0 Å². The number of benzene rings is 3. The van der Waals surface area contributed by atoms with Gasteiger partial charge in [-0.1, -0.05) is 60.7 Å². The summed E-state index contributed by atoms with van der Waals surface area (Å²) in [6, 6.07) is 23.2. The smallest absolute Gasteiger partial charge is 0.419 e. The minimum Gasteiger partial charge on any atom is -0.444 e. The molecule has 0 fully saturated rings. The molecule has 0 amide bonds. The van der Waals surface area contributed by atoms with Crippen molar-refractivity contribution in [3.63, 3.8) is 0 Å². The fourth-order valence-electron chi connectivity index (χ4n) is 4.67. The van der Waals surface area contributed by atoms with E-state index in [-0.39, 0.29) is 13.2 Å². The maximum absolute atomic E-state index is 13.1. The van der Waals surface area contributed by atoms with Crippen molar-refractivity contribution in [3.8, 4) is 0 Å². The minimum absolute atomic E-state index is 0.196. The number of rotatable bonds is 4. The summed E-state index contributed by atoms with van der Waals surface area (Å²) in [7, 11) is 0. The number of aromatic nitrogens is 2. The second-order valence-corrected chi connectivity index (χ2v) is 9.06. The molecule has 0 N–H and O–H groups in total. The molecule has 0 aliphatic heterocycles. The molecular weight excluding hydrogens is 452 g/mol. The third-order valence-electron chi connectivity index (χ3n) is 6.94. The molecule has 5 aromatic rings. The van der Waals surface area contributed by atoms with E-state index in [0.29, 0.717) is 0 Å². The Kier molecular flexibility index (Phi) is 6.10. The predicted octanol–water partition coefficient (Wildman–Crippen LogP) is 7.20. The molecule has 6 nitrogen and oxygen atoms in total. The van der Waals surface area contributed by atoms with Crippen molar-refractivity contribution in [2.45, 2.75) is 40.9 Å². The van der Waals surface area contributed by atoms with Crippen LogP contribution in [0.5, 0.6) is 0 Å². The molecule has 6 heteroatoms. The fraction of sp³-hybridized carbons (Fsp3) is 0.200. The fourth-order valence-corrected chi connectivity index (χ4v) is 4.67. The van der Waals surface area contributed by atoms with E-state index in [9.17, 15) is 9.59 Å². The molecule has 0 unspecified atom stereocenters. The lowest BCUT2D eigenvalue weighted by Crippen LogP contribution is -2.15. The van der Waals surface area contributed by atoms with Gasteiger partial charge in [0.25, 0.3) is 0 Å². The number of carbonyl (C=O) groups excluding carboxylic acids is 2. The lowest BCUT2D eigenvalue weighted by Gasteiger charge is -2.10. The number of hydrogen-bond acceptors (Lipinski definition) is 4. The second-order valence-electron chi connectivity index (χ2n) is 9.06. The number of fused-ring (bicyclic) bond motifs is 2. The van der Waals surface area contributed by atoms with Crippen LogP contribution in [0, 0.1) is 27.7 Å². The van der Waals surface area contributed by atoms with Gasteiger partial charge in [-0.3, -0.25) is 0 Å². The third-order valence-corrected chi connectivity index (χ3v) is 6.94. The Morgan fingerprint density at radius 3 is 1.33 bits per heavy atom. The first kappa shape index (κ1) is 23.4. The van der Waals surface area contributed by atoms with Crippen molar-refractivity contribution < 1.29 is 19.1 Å². The Balaban J connectivity index is 1.52. The average molecular weight is 481 g/mol. The van der Waals surface area contributed by atoms with E-state index in [1.807, 2.05) is 100 Å². The Morgan fingerprint density at radius 2 is 0.972 bits per heavy atom. The SMILES string of the molecule is Cc1c(C)n(C(=O)OCc2ccccc2)c2cc3c(C)c(C)n(C(=O)OCc4ccccc4)c3cc12. The highest BCUT2D eigenvalue weighted by atomic mass is 16.6. The number of nitrogens with zero attached hydrogens (tertiary/aromatic N) is 2. The second kappa shape index (κ2) is 9.38. The lowest BCUT2D eigenvalue weighted by atomic mass is 10.1. The lowest BCUT2D eigenvalue weighted by molar-refractivity contribution is 0.141. The zero-order valence-electron chi connectivity index (χ0n) is 20.9. The molecule has 36 heavy (non-hydrogen) atoms.